The fourth-order valence-corrected chi connectivity index (χ4v) is 2.39. The van der Waals surface area contributed by atoms with Gasteiger partial charge in [-0.15, -0.1) is 0 Å². The first kappa shape index (κ1) is 19.9. The lowest BCUT2D eigenvalue weighted by atomic mass is 10.1. The van der Waals surface area contributed by atoms with Crippen molar-refractivity contribution in [1.29, 1.82) is 0 Å². The van der Waals surface area contributed by atoms with Crippen LogP contribution in [-0.2, 0) is 14.3 Å². The molecule has 0 aromatic heterocycles. The Balaban J connectivity index is 2.43. The molecule has 0 fully saturated rings. The van der Waals surface area contributed by atoms with Crippen LogP contribution in [0.15, 0.2) is 46.8 Å². The number of hydrogen-bond acceptors (Lipinski definition) is 3. The molecule has 0 aromatic rings. The number of ether oxygens (including phenoxy) is 1. The van der Waals surface area contributed by atoms with Gasteiger partial charge in [0.15, 0.2) is 5.60 Å². The van der Waals surface area contributed by atoms with Crippen LogP contribution in [0, 0.1) is 0 Å². The molecule has 0 aliphatic carbocycles. The Morgan fingerprint density at radius 3 is 2.25 bits per heavy atom. The lowest BCUT2D eigenvalue weighted by Gasteiger charge is -2.18. The van der Waals surface area contributed by atoms with E-state index in [1.165, 1.54) is 11.6 Å². The average Bonchev–Trinajstić information content (AvgIpc) is 2.72. The molecular weight excluding hydrogens is 304 g/mol. The second-order valence-electron chi connectivity index (χ2n) is 6.83. The van der Waals surface area contributed by atoms with Crippen LogP contribution in [0.25, 0.3) is 0 Å². The quantitative estimate of drug-likeness (QED) is 0.515. The van der Waals surface area contributed by atoms with E-state index in [0.717, 1.165) is 36.8 Å². The van der Waals surface area contributed by atoms with Crippen molar-refractivity contribution >= 4 is 11.8 Å². The fourth-order valence-electron chi connectivity index (χ4n) is 2.39. The Kier molecular flexibility index (Phi) is 7.20. The number of carboxylic acids is 1. The van der Waals surface area contributed by atoms with Crippen LogP contribution >= 0.6 is 0 Å². The average molecular weight is 332 g/mol. The van der Waals surface area contributed by atoms with E-state index < -0.39 is 11.6 Å². The second kappa shape index (κ2) is 8.67. The number of carboxylic acid groups (broad SMARTS) is 1. The molecule has 1 heterocycles. The van der Waals surface area contributed by atoms with Crippen LogP contribution in [0.3, 0.4) is 0 Å². The number of carbonyl (C=O) groups excluding carboxylic acids is 1. The van der Waals surface area contributed by atoms with E-state index in [0.29, 0.717) is 5.76 Å². The molecule has 0 aromatic carbocycles. The third kappa shape index (κ3) is 6.57. The van der Waals surface area contributed by atoms with Gasteiger partial charge in [-0.1, -0.05) is 23.3 Å². The van der Waals surface area contributed by atoms with E-state index in [-0.39, 0.29) is 5.78 Å². The largest absolute Gasteiger partial charge is 0.479 e. The van der Waals surface area contributed by atoms with Gasteiger partial charge in [-0.2, -0.15) is 0 Å². The van der Waals surface area contributed by atoms with Crippen molar-refractivity contribution in [3.8, 4) is 0 Å². The van der Waals surface area contributed by atoms with Crippen LogP contribution < -0.4 is 0 Å². The standard InChI is InChI=1S/C20H28O4/c1-14(8-6-10-15(2)12-19(22)23)9-7-11-16(3)17-13-18(21)20(4,5)24-17/h8,11-13H,6-7,9-10H2,1-5H3,(H,22,23)/b14-8+,15-12-,16-11+. The van der Waals surface area contributed by atoms with E-state index in [1.807, 2.05) is 13.8 Å². The van der Waals surface area contributed by atoms with Crippen LogP contribution in [-0.4, -0.2) is 22.5 Å². The van der Waals surface area contributed by atoms with E-state index >= 15 is 0 Å². The van der Waals surface area contributed by atoms with Gasteiger partial charge in [-0.3, -0.25) is 4.79 Å². The number of carbonyl (C=O) groups is 2. The molecule has 24 heavy (non-hydrogen) atoms. The zero-order chi connectivity index (χ0) is 18.3. The van der Waals surface area contributed by atoms with Gasteiger partial charge in [0, 0.05) is 12.2 Å². The van der Waals surface area contributed by atoms with Gasteiger partial charge in [0.1, 0.15) is 5.76 Å². The highest BCUT2D eigenvalue weighted by Crippen LogP contribution is 2.28. The van der Waals surface area contributed by atoms with Gasteiger partial charge in [-0.05, 0) is 65.9 Å². The zero-order valence-corrected chi connectivity index (χ0v) is 15.3. The zero-order valence-electron chi connectivity index (χ0n) is 15.3. The van der Waals surface area contributed by atoms with E-state index in [4.69, 9.17) is 9.84 Å². The molecule has 1 aliphatic heterocycles. The molecule has 0 unspecified atom stereocenters. The highest BCUT2D eigenvalue weighted by Gasteiger charge is 2.35. The summed E-state index contributed by atoms with van der Waals surface area (Å²) in [4.78, 5) is 22.3. The van der Waals surface area contributed by atoms with Gasteiger partial charge in [0.05, 0.1) is 0 Å². The number of hydrogen-bond donors (Lipinski definition) is 1. The molecule has 1 N–H and O–H groups in total. The Hall–Kier alpha value is -2.10. The summed E-state index contributed by atoms with van der Waals surface area (Å²) in [6.07, 6.45) is 10.5. The van der Waals surface area contributed by atoms with Crippen LogP contribution in [0.1, 0.15) is 60.3 Å². The number of ketones is 1. The molecule has 0 spiro atoms. The summed E-state index contributed by atoms with van der Waals surface area (Å²) in [5, 5.41) is 8.67. The summed E-state index contributed by atoms with van der Waals surface area (Å²) >= 11 is 0. The molecule has 0 atom stereocenters. The molecule has 132 valence electrons. The van der Waals surface area contributed by atoms with Crippen LogP contribution in [0.5, 0.6) is 0 Å². The minimum atomic E-state index is -0.890. The first-order valence-corrected chi connectivity index (χ1v) is 8.30. The number of rotatable bonds is 8. The number of aliphatic carboxylic acids is 1. The maximum Gasteiger partial charge on any atom is 0.328 e. The van der Waals surface area contributed by atoms with Gasteiger partial charge in [0.25, 0.3) is 0 Å². The van der Waals surface area contributed by atoms with Gasteiger partial charge in [-0.25, -0.2) is 4.79 Å². The highest BCUT2D eigenvalue weighted by molar-refractivity contribution is 5.99. The smallest absolute Gasteiger partial charge is 0.328 e. The summed E-state index contributed by atoms with van der Waals surface area (Å²) < 4.78 is 5.68. The van der Waals surface area contributed by atoms with Gasteiger partial charge < -0.3 is 9.84 Å². The van der Waals surface area contributed by atoms with Gasteiger partial charge in [0.2, 0.25) is 5.78 Å². The van der Waals surface area contributed by atoms with Crippen molar-refractivity contribution in [2.24, 2.45) is 0 Å². The Labute approximate surface area is 144 Å². The minimum Gasteiger partial charge on any atom is -0.479 e. The van der Waals surface area contributed by atoms with E-state index in [2.05, 4.69) is 19.1 Å². The van der Waals surface area contributed by atoms with Crippen molar-refractivity contribution in [2.45, 2.75) is 65.9 Å². The predicted octanol–water partition coefficient (Wildman–Crippen LogP) is 4.73. The normalized spacial score (nSPS) is 18.5. The Bertz CT molecular complexity index is 616. The molecular formula is C20H28O4. The molecule has 0 saturated carbocycles. The minimum absolute atomic E-state index is 0.00566. The first-order chi connectivity index (χ1) is 11.1. The summed E-state index contributed by atoms with van der Waals surface area (Å²) in [5.41, 5.74) is 2.39. The molecule has 0 amide bonds. The van der Waals surface area contributed by atoms with Crippen LogP contribution in [0.2, 0.25) is 0 Å². The third-order valence-corrected chi connectivity index (χ3v) is 4.00. The SMILES string of the molecule is C/C(=C/C(=O)O)CC/C=C(\C)CC/C=C(\C)C1=CC(=O)C(C)(C)O1. The van der Waals surface area contributed by atoms with Crippen molar-refractivity contribution < 1.29 is 19.4 Å². The second-order valence-corrected chi connectivity index (χ2v) is 6.83. The summed E-state index contributed by atoms with van der Waals surface area (Å²) in [6.45, 7) is 9.43. The summed E-state index contributed by atoms with van der Waals surface area (Å²) in [5.74, 6) is -0.217. The van der Waals surface area contributed by atoms with Crippen molar-refractivity contribution in [2.75, 3.05) is 0 Å². The lowest BCUT2D eigenvalue weighted by Crippen LogP contribution is -2.27. The van der Waals surface area contributed by atoms with E-state index in [1.54, 1.807) is 19.9 Å². The Morgan fingerprint density at radius 2 is 1.71 bits per heavy atom. The molecule has 1 aliphatic rings. The van der Waals surface area contributed by atoms with E-state index in [9.17, 15) is 9.59 Å². The first-order valence-electron chi connectivity index (χ1n) is 8.30. The van der Waals surface area contributed by atoms with Crippen molar-refractivity contribution in [3.05, 3.63) is 46.8 Å². The monoisotopic (exact) mass is 332 g/mol. The maximum atomic E-state index is 11.8. The Morgan fingerprint density at radius 1 is 1.12 bits per heavy atom. The van der Waals surface area contributed by atoms with Crippen molar-refractivity contribution in [1.82, 2.24) is 0 Å². The molecule has 4 nitrogen and oxygen atoms in total. The van der Waals surface area contributed by atoms with Gasteiger partial charge >= 0.3 is 5.97 Å². The molecule has 0 saturated heterocycles. The van der Waals surface area contributed by atoms with Crippen molar-refractivity contribution in [3.63, 3.8) is 0 Å². The predicted molar refractivity (Wildman–Crippen MR) is 95.6 cm³/mol. The summed E-state index contributed by atoms with van der Waals surface area (Å²) in [7, 11) is 0. The summed E-state index contributed by atoms with van der Waals surface area (Å²) in [6, 6.07) is 0. The lowest BCUT2D eigenvalue weighted by molar-refractivity contribution is -0.131. The number of allylic oxidation sites excluding steroid dienone is 5. The maximum absolute atomic E-state index is 11.8. The molecule has 0 radical (unpaired) electrons. The topological polar surface area (TPSA) is 63.6 Å². The molecule has 4 heteroatoms. The van der Waals surface area contributed by atoms with Crippen LogP contribution in [0.4, 0.5) is 0 Å². The molecule has 0 bridgehead atoms. The molecule has 1 rings (SSSR count). The third-order valence-electron chi connectivity index (χ3n) is 4.00. The highest BCUT2D eigenvalue weighted by atomic mass is 16.5. The fraction of sp³-hybridized carbons (Fsp3) is 0.500.